The maximum Gasteiger partial charge on any atom is 0.266 e. The molecule has 3 heterocycles. The van der Waals surface area contributed by atoms with E-state index >= 15 is 0 Å². The number of rotatable bonds is 2. The van der Waals surface area contributed by atoms with Gasteiger partial charge in [0.2, 0.25) is 0 Å². The molecular formula is C22H14ClFN4O. The maximum absolute atomic E-state index is 13.6. The molecule has 142 valence electrons. The van der Waals surface area contributed by atoms with E-state index in [0.29, 0.717) is 27.3 Å². The number of aromatic nitrogens is 4. The lowest BCUT2D eigenvalue weighted by Gasteiger charge is -2.08. The SMILES string of the molecule is Cc1nn2c(ncc3c(=O)n(-c4cccc(F)c4)ccc32)c1-c1ccc(Cl)cc1. The molecular weight excluding hydrogens is 391 g/mol. The van der Waals surface area contributed by atoms with Crippen LogP contribution in [0.1, 0.15) is 5.69 Å². The zero-order chi connectivity index (χ0) is 20.1. The van der Waals surface area contributed by atoms with Gasteiger partial charge in [0.25, 0.3) is 5.56 Å². The fourth-order valence-electron chi connectivity index (χ4n) is 3.56. The van der Waals surface area contributed by atoms with Crippen LogP contribution in [0.5, 0.6) is 0 Å². The van der Waals surface area contributed by atoms with Gasteiger partial charge in [0.1, 0.15) is 5.82 Å². The van der Waals surface area contributed by atoms with Gasteiger partial charge in [-0.05, 0) is 48.9 Å². The zero-order valence-electron chi connectivity index (χ0n) is 15.3. The third kappa shape index (κ3) is 2.80. The van der Waals surface area contributed by atoms with E-state index in [1.54, 1.807) is 35.1 Å². The van der Waals surface area contributed by atoms with E-state index in [9.17, 15) is 9.18 Å². The average molecular weight is 405 g/mol. The largest absolute Gasteiger partial charge is 0.284 e. The molecule has 0 N–H and O–H groups in total. The first-order valence-corrected chi connectivity index (χ1v) is 9.32. The first kappa shape index (κ1) is 17.6. The average Bonchev–Trinajstić information content (AvgIpc) is 3.05. The molecule has 0 aliphatic heterocycles. The van der Waals surface area contributed by atoms with E-state index in [1.165, 1.54) is 16.7 Å². The van der Waals surface area contributed by atoms with Crippen LogP contribution in [0.4, 0.5) is 4.39 Å². The van der Waals surface area contributed by atoms with E-state index in [2.05, 4.69) is 10.1 Å². The van der Waals surface area contributed by atoms with Crippen molar-refractivity contribution < 1.29 is 4.39 Å². The molecule has 0 unspecified atom stereocenters. The molecule has 2 aromatic carbocycles. The minimum Gasteiger partial charge on any atom is -0.284 e. The predicted octanol–water partition coefficient (Wildman–Crippen LogP) is 4.80. The Hall–Kier alpha value is -3.51. The van der Waals surface area contributed by atoms with Crippen LogP contribution in [0.2, 0.25) is 5.02 Å². The topological polar surface area (TPSA) is 52.2 Å². The molecule has 0 atom stereocenters. The highest BCUT2D eigenvalue weighted by atomic mass is 35.5. The van der Waals surface area contributed by atoms with Crippen LogP contribution in [0, 0.1) is 12.7 Å². The van der Waals surface area contributed by atoms with Gasteiger partial charge in [-0.15, -0.1) is 0 Å². The summed E-state index contributed by atoms with van der Waals surface area (Å²) < 4.78 is 16.7. The van der Waals surface area contributed by atoms with Gasteiger partial charge in [-0.25, -0.2) is 13.9 Å². The third-order valence-electron chi connectivity index (χ3n) is 4.91. The lowest BCUT2D eigenvalue weighted by Crippen LogP contribution is -2.19. The van der Waals surface area contributed by atoms with Gasteiger partial charge in [-0.3, -0.25) is 9.36 Å². The number of pyridine rings is 1. The quantitative estimate of drug-likeness (QED) is 0.424. The molecule has 5 rings (SSSR count). The summed E-state index contributed by atoms with van der Waals surface area (Å²) in [4.78, 5) is 17.6. The van der Waals surface area contributed by atoms with Crippen LogP contribution < -0.4 is 5.56 Å². The molecule has 7 heteroatoms. The number of aryl methyl sites for hydroxylation is 1. The second-order valence-corrected chi connectivity index (χ2v) is 7.17. The van der Waals surface area contributed by atoms with Crippen LogP contribution in [0.15, 0.2) is 71.8 Å². The number of nitrogens with zero attached hydrogens (tertiary/aromatic N) is 4. The lowest BCUT2D eigenvalue weighted by atomic mass is 10.1. The van der Waals surface area contributed by atoms with Crippen molar-refractivity contribution in [3.8, 4) is 16.8 Å². The van der Waals surface area contributed by atoms with E-state index in [1.807, 2.05) is 31.2 Å². The Labute approximate surface area is 169 Å². The fraction of sp³-hybridized carbons (Fsp3) is 0.0455. The van der Waals surface area contributed by atoms with Crippen molar-refractivity contribution in [2.75, 3.05) is 0 Å². The van der Waals surface area contributed by atoms with Gasteiger partial charge < -0.3 is 0 Å². The summed E-state index contributed by atoms with van der Waals surface area (Å²) in [5, 5.41) is 5.66. The van der Waals surface area contributed by atoms with Gasteiger partial charge in [-0.1, -0.05) is 29.8 Å². The molecule has 0 bridgehead atoms. The summed E-state index contributed by atoms with van der Waals surface area (Å²) in [7, 11) is 0. The Bertz CT molecular complexity index is 1450. The number of benzene rings is 2. The first-order valence-electron chi connectivity index (χ1n) is 8.94. The van der Waals surface area contributed by atoms with Gasteiger partial charge in [0, 0.05) is 23.0 Å². The fourth-order valence-corrected chi connectivity index (χ4v) is 3.69. The Kier molecular flexibility index (Phi) is 3.96. The van der Waals surface area contributed by atoms with Gasteiger partial charge in [0.05, 0.1) is 22.3 Å². The van der Waals surface area contributed by atoms with Gasteiger partial charge >= 0.3 is 0 Å². The maximum atomic E-state index is 13.6. The second-order valence-electron chi connectivity index (χ2n) is 6.73. The highest BCUT2D eigenvalue weighted by Crippen LogP contribution is 2.29. The van der Waals surface area contributed by atoms with Crippen molar-refractivity contribution in [1.82, 2.24) is 19.2 Å². The van der Waals surface area contributed by atoms with Gasteiger partial charge in [-0.2, -0.15) is 5.10 Å². The lowest BCUT2D eigenvalue weighted by molar-refractivity contribution is 0.626. The molecule has 5 aromatic rings. The molecule has 0 aliphatic rings. The monoisotopic (exact) mass is 404 g/mol. The van der Waals surface area contributed by atoms with E-state index < -0.39 is 5.82 Å². The normalized spacial score (nSPS) is 11.4. The number of halogens is 2. The minimum atomic E-state index is -0.404. The Balaban J connectivity index is 1.76. The first-order chi connectivity index (χ1) is 14.0. The van der Waals surface area contributed by atoms with Crippen LogP contribution in [-0.2, 0) is 0 Å². The number of fused-ring (bicyclic) bond motifs is 3. The van der Waals surface area contributed by atoms with Crippen molar-refractivity contribution >= 4 is 28.2 Å². The summed E-state index contributed by atoms with van der Waals surface area (Å²) in [6.07, 6.45) is 3.17. The van der Waals surface area contributed by atoms with Crippen molar-refractivity contribution in [1.29, 1.82) is 0 Å². The summed E-state index contributed by atoms with van der Waals surface area (Å²) in [5.41, 5.74) is 4.08. The van der Waals surface area contributed by atoms with Crippen LogP contribution in [0.3, 0.4) is 0 Å². The Morgan fingerprint density at radius 1 is 1.07 bits per heavy atom. The zero-order valence-corrected chi connectivity index (χ0v) is 16.1. The van der Waals surface area contributed by atoms with Crippen molar-refractivity contribution in [3.63, 3.8) is 0 Å². The molecule has 29 heavy (non-hydrogen) atoms. The van der Waals surface area contributed by atoms with Crippen molar-refractivity contribution in [2.24, 2.45) is 0 Å². The molecule has 5 nitrogen and oxygen atoms in total. The number of hydrogen-bond acceptors (Lipinski definition) is 3. The van der Waals surface area contributed by atoms with Crippen LogP contribution in [-0.4, -0.2) is 19.2 Å². The molecule has 0 saturated carbocycles. The highest BCUT2D eigenvalue weighted by Gasteiger charge is 2.16. The smallest absolute Gasteiger partial charge is 0.266 e. The summed E-state index contributed by atoms with van der Waals surface area (Å²) >= 11 is 6.00. The molecule has 0 spiro atoms. The van der Waals surface area contributed by atoms with Gasteiger partial charge in [0.15, 0.2) is 5.65 Å². The molecule has 0 radical (unpaired) electrons. The van der Waals surface area contributed by atoms with Crippen LogP contribution >= 0.6 is 11.6 Å². The molecule has 0 saturated heterocycles. The van der Waals surface area contributed by atoms with E-state index in [-0.39, 0.29) is 5.56 Å². The van der Waals surface area contributed by atoms with Crippen LogP contribution in [0.25, 0.3) is 33.4 Å². The highest BCUT2D eigenvalue weighted by molar-refractivity contribution is 6.30. The molecule has 3 aromatic heterocycles. The third-order valence-corrected chi connectivity index (χ3v) is 5.16. The Morgan fingerprint density at radius 3 is 2.62 bits per heavy atom. The van der Waals surface area contributed by atoms with E-state index in [4.69, 9.17) is 11.6 Å². The second kappa shape index (κ2) is 6.53. The molecule has 0 aliphatic carbocycles. The molecule has 0 fully saturated rings. The summed E-state index contributed by atoms with van der Waals surface area (Å²) in [6, 6.07) is 15.2. The minimum absolute atomic E-state index is 0.288. The molecule has 0 amide bonds. The number of hydrogen-bond donors (Lipinski definition) is 0. The van der Waals surface area contributed by atoms with Crippen molar-refractivity contribution in [3.05, 3.63) is 93.9 Å². The van der Waals surface area contributed by atoms with Crippen molar-refractivity contribution in [2.45, 2.75) is 6.92 Å². The summed E-state index contributed by atoms with van der Waals surface area (Å²) in [5.74, 6) is -0.404. The van der Waals surface area contributed by atoms with E-state index in [0.717, 1.165) is 16.8 Å². The summed E-state index contributed by atoms with van der Waals surface area (Å²) in [6.45, 7) is 1.90. The Morgan fingerprint density at radius 2 is 1.86 bits per heavy atom. The predicted molar refractivity (Wildman–Crippen MR) is 111 cm³/mol. The standard InChI is InChI=1S/C22H14ClFN4O/c1-13-20(14-5-7-15(23)8-6-14)21-25-12-18-19(28(21)26-13)9-10-27(22(18)29)17-4-2-3-16(24)11-17/h2-12H,1H3.